The van der Waals surface area contributed by atoms with Gasteiger partial charge in [-0.2, -0.15) is 4.72 Å². The smallest absolute Gasteiger partial charge is 0.324 e. The second-order valence-corrected chi connectivity index (χ2v) is 11.9. The van der Waals surface area contributed by atoms with Gasteiger partial charge in [-0.3, -0.25) is 9.59 Å². The van der Waals surface area contributed by atoms with E-state index in [1.54, 1.807) is 42.6 Å². The summed E-state index contributed by atoms with van der Waals surface area (Å²) >= 11 is 0. The van der Waals surface area contributed by atoms with Crippen LogP contribution in [0.25, 0.3) is 10.8 Å². The van der Waals surface area contributed by atoms with Crippen LogP contribution in [0.3, 0.4) is 0 Å². The molecule has 5 rings (SSSR count). The summed E-state index contributed by atoms with van der Waals surface area (Å²) in [5, 5.41) is 21.2. The van der Waals surface area contributed by atoms with E-state index in [9.17, 15) is 23.1 Å². The van der Waals surface area contributed by atoms with Crippen LogP contribution in [0.15, 0.2) is 76.9 Å². The molecule has 1 aliphatic heterocycles. The summed E-state index contributed by atoms with van der Waals surface area (Å²) < 4.78 is 29.1. The number of fused-ring (bicyclic) bond motifs is 1. The first-order chi connectivity index (χ1) is 19.3. The first-order valence-corrected chi connectivity index (χ1v) is 14.6. The quantitative estimate of drug-likeness (QED) is 0.258. The Morgan fingerprint density at radius 2 is 1.85 bits per heavy atom. The van der Waals surface area contributed by atoms with Gasteiger partial charge in [0.25, 0.3) is 0 Å². The Bertz CT molecular complexity index is 1500. The number of carboxylic acid groups (broad SMARTS) is 1. The van der Waals surface area contributed by atoms with Crippen LogP contribution in [0.5, 0.6) is 0 Å². The number of carbonyl (C=O) groups is 2. The fraction of sp³-hybridized carbons (Fsp3) is 0.357. The van der Waals surface area contributed by atoms with Crippen molar-refractivity contribution in [2.24, 2.45) is 11.1 Å². The number of benzene rings is 2. The molecule has 2 atom stereocenters. The molecule has 11 nitrogen and oxygen atoms in total. The maximum atomic E-state index is 13.4. The number of nitrogens with one attached hydrogen (secondary N) is 3. The number of rotatable bonds is 11. The van der Waals surface area contributed by atoms with E-state index in [-0.39, 0.29) is 10.6 Å². The van der Waals surface area contributed by atoms with Crippen molar-refractivity contribution >= 4 is 44.7 Å². The van der Waals surface area contributed by atoms with Crippen molar-refractivity contribution in [3.8, 4) is 0 Å². The lowest BCUT2D eigenvalue weighted by atomic mass is 9.75. The van der Waals surface area contributed by atoms with Crippen LogP contribution in [-0.4, -0.2) is 60.8 Å². The van der Waals surface area contributed by atoms with Crippen LogP contribution in [0.4, 0.5) is 5.82 Å². The average molecular weight is 566 g/mol. The number of carbonyl (C=O) groups excluding carboxylic acids is 1. The molecule has 3 aromatic rings. The molecule has 1 amide bonds. The highest BCUT2D eigenvalue weighted by Gasteiger charge is 2.47. The van der Waals surface area contributed by atoms with E-state index in [0.717, 1.165) is 25.2 Å². The van der Waals surface area contributed by atoms with Gasteiger partial charge in [-0.05, 0) is 55.2 Å². The lowest BCUT2D eigenvalue weighted by Gasteiger charge is -2.35. The van der Waals surface area contributed by atoms with Crippen LogP contribution < -0.4 is 15.4 Å². The molecule has 2 heterocycles. The number of nitrogens with zero attached hydrogens (tertiary/aromatic N) is 2. The molecule has 0 bridgehead atoms. The Hall–Kier alpha value is -4.03. The maximum absolute atomic E-state index is 13.4. The third-order valence-electron chi connectivity index (χ3n) is 7.64. The number of oxime groups is 1. The molecule has 0 radical (unpaired) electrons. The van der Waals surface area contributed by atoms with Gasteiger partial charge in [0, 0.05) is 24.5 Å². The van der Waals surface area contributed by atoms with Gasteiger partial charge in [0.05, 0.1) is 16.6 Å². The van der Waals surface area contributed by atoms with Gasteiger partial charge in [0.2, 0.25) is 16.4 Å². The summed E-state index contributed by atoms with van der Waals surface area (Å²) in [5.74, 6) is -0.224. The Balaban J connectivity index is 1.28. The summed E-state index contributed by atoms with van der Waals surface area (Å²) in [4.78, 5) is 34.0. The minimum atomic E-state index is -4.29. The molecule has 1 spiro atoms. The van der Waals surface area contributed by atoms with Gasteiger partial charge in [-0.15, -0.1) is 0 Å². The van der Waals surface area contributed by atoms with Crippen molar-refractivity contribution in [2.45, 2.75) is 54.7 Å². The van der Waals surface area contributed by atoms with Crippen molar-refractivity contribution in [1.82, 2.24) is 15.0 Å². The molecule has 2 aliphatic rings. The Labute approximate surface area is 232 Å². The topological polar surface area (TPSA) is 159 Å². The molecule has 1 aromatic heterocycles. The first-order valence-electron chi connectivity index (χ1n) is 13.1. The van der Waals surface area contributed by atoms with E-state index < -0.39 is 33.7 Å². The number of amides is 1. The normalized spacial score (nSPS) is 22.2. The van der Waals surface area contributed by atoms with Crippen molar-refractivity contribution in [1.29, 1.82) is 0 Å². The van der Waals surface area contributed by atoms with E-state index in [1.807, 2.05) is 18.2 Å². The third kappa shape index (κ3) is 5.92. The first kappa shape index (κ1) is 27.5. The predicted molar refractivity (Wildman–Crippen MR) is 149 cm³/mol. The number of aromatic nitrogens is 1. The monoisotopic (exact) mass is 565 g/mol. The molecule has 210 valence electrons. The van der Waals surface area contributed by atoms with Gasteiger partial charge in [0.15, 0.2) is 0 Å². The second kappa shape index (κ2) is 11.6. The number of aliphatic carboxylic acids is 1. The highest BCUT2D eigenvalue weighted by Crippen LogP contribution is 2.41. The number of carboxylic acids is 1. The molecular formula is C28H31N5O6S. The maximum Gasteiger partial charge on any atom is 0.324 e. The Morgan fingerprint density at radius 1 is 1.10 bits per heavy atom. The molecule has 2 aromatic carbocycles. The zero-order valence-electron chi connectivity index (χ0n) is 21.7. The van der Waals surface area contributed by atoms with E-state index in [2.05, 4.69) is 25.5 Å². The lowest BCUT2D eigenvalue weighted by molar-refractivity contribution is -0.139. The number of sulfonamides is 1. The summed E-state index contributed by atoms with van der Waals surface area (Å²) in [6, 6.07) is 14.5. The summed E-state index contributed by atoms with van der Waals surface area (Å²) in [6.45, 7) is 0.771. The van der Waals surface area contributed by atoms with Gasteiger partial charge in [0.1, 0.15) is 17.5 Å². The van der Waals surface area contributed by atoms with Crippen LogP contribution in [0.2, 0.25) is 0 Å². The van der Waals surface area contributed by atoms with Crippen LogP contribution in [0, 0.1) is 5.92 Å². The minimum Gasteiger partial charge on any atom is -0.480 e. The van der Waals surface area contributed by atoms with Crippen molar-refractivity contribution < 1.29 is 28.0 Å². The molecule has 1 unspecified atom stereocenters. The number of anilines is 1. The summed E-state index contributed by atoms with van der Waals surface area (Å²) in [7, 11) is -4.29. The van der Waals surface area contributed by atoms with Gasteiger partial charge in [-0.25, -0.2) is 13.4 Å². The molecule has 1 aliphatic carbocycles. The van der Waals surface area contributed by atoms with Crippen LogP contribution >= 0.6 is 0 Å². The highest BCUT2D eigenvalue weighted by atomic mass is 32.2. The molecule has 4 N–H and O–H groups in total. The fourth-order valence-corrected chi connectivity index (χ4v) is 6.92. The van der Waals surface area contributed by atoms with Crippen LogP contribution in [0.1, 0.15) is 32.1 Å². The highest BCUT2D eigenvalue weighted by molar-refractivity contribution is 7.89. The molecule has 12 heteroatoms. The van der Waals surface area contributed by atoms with E-state index >= 15 is 0 Å². The van der Waals surface area contributed by atoms with E-state index in [1.165, 1.54) is 6.07 Å². The zero-order valence-corrected chi connectivity index (χ0v) is 22.5. The van der Waals surface area contributed by atoms with Crippen LogP contribution in [-0.2, 0) is 24.4 Å². The Kier molecular flexibility index (Phi) is 7.99. The summed E-state index contributed by atoms with van der Waals surface area (Å²) in [6.07, 6.45) is 5.50. The molecule has 0 saturated heterocycles. The molecule has 1 saturated carbocycles. The van der Waals surface area contributed by atoms with E-state index in [4.69, 9.17) is 4.84 Å². The SMILES string of the molecule is O=CNC(C1=NOC2(CCC(CNc3ccccn3)CC2)C1)[C@H](NS(=O)(=O)c1cccc2ccccc12)C(=O)O. The zero-order chi connectivity index (χ0) is 28.2. The minimum absolute atomic E-state index is 0.0552. The Morgan fingerprint density at radius 3 is 2.58 bits per heavy atom. The summed E-state index contributed by atoms with van der Waals surface area (Å²) in [5.41, 5.74) is -0.331. The van der Waals surface area contributed by atoms with Crippen molar-refractivity contribution in [3.05, 3.63) is 66.9 Å². The fourth-order valence-electron chi connectivity index (χ4n) is 5.49. The second-order valence-electron chi connectivity index (χ2n) is 10.2. The van der Waals surface area contributed by atoms with Gasteiger partial charge < -0.3 is 20.6 Å². The molecule has 1 fully saturated rings. The average Bonchev–Trinajstić information content (AvgIpc) is 3.37. The number of hydrogen-bond donors (Lipinski definition) is 4. The largest absolute Gasteiger partial charge is 0.480 e. The van der Waals surface area contributed by atoms with E-state index in [0.29, 0.717) is 42.4 Å². The van der Waals surface area contributed by atoms with Gasteiger partial charge in [-0.1, -0.05) is 47.6 Å². The van der Waals surface area contributed by atoms with Crippen molar-refractivity contribution in [3.63, 3.8) is 0 Å². The molecule has 40 heavy (non-hydrogen) atoms. The number of hydrogen-bond acceptors (Lipinski definition) is 8. The standard InChI is InChI=1S/C28H31N5O6S/c34-18-31-25(26(27(35)36)33-40(37,38)23-9-5-7-20-6-1-2-8-21(20)23)22-16-28(39-32-22)13-11-19(12-14-28)17-30-24-10-3-4-15-29-24/h1-10,15,18-19,25-26,33H,11-14,16-17H2,(H,29,30)(H,31,34)(H,35,36)/t19?,25?,26-,28?/m0/s1. The lowest BCUT2D eigenvalue weighted by Crippen LogP contribution is -2.57. The molecular weight excluding hydrogens is 534 g/mol. The number of pyridine rings is 1. The van der Waals surface area contributed by atoms with Crippen molar-refractivity contribution in [2.75, 3.05) is 11.9 Å². The third-order valence-corrected chi connectivity index (χ3v) is 9.14. The van der Waals surface area contributed by atoms with Gasteiger partial charge >= 0.3 is 5.97 Å². The predicted octanol–water partition coefficient (Wildman–Crippen LogP) is 2.90.